The first-order valence-corrected chi connectivity index (χ1v) is 7.73. The summed E-state index contributed by atoms with van der Waals surface area (Å²) in [4.78, 5) is 16.4. The molecular formula is C14H10Br2N4O. The third kappa shape index (κ3) is 3.14. The highest BCUT2D eigenvalue weighted by molar-refractivity contribution is 9.11. The van der Waals surface area contributed by atoms with Crippen molar-refractivity contribution in [2.24, 2.45) is 0 Å². The molecule has 21 heavy (non-hydrogen) atoms. The van der Waals surface area contributed by atoms with Crippen molar-refractivity contribution in [2.45, 2.75) is 6.54 Å². The Morgan fingerprint density at radius 1 is 1.29 bits per heavy atom. The van der Waals surface area contributed by atoms with E-state index in [1.807, 2.05) is 24.3 Å². The topological polar surface area (TPSA) is 59.8 Å². The molecule has 7 heteroatoms. The number of anilines is 1. The van der Waals surface area contributed by atoms with Gasteiger partial charge < -0.3 is 5.32 Å². The van der Waals surface area contributed by atoms with Crippen LogP contribution in [0.2, 0.25) is 0 Å². The number of rotatable bonds is 3. The molecule has 5 nitrogen and oxygen atoms in total. The maximum Gasteiger partial charge on any atom is 0.246 e. The van der Waals surface area contributed by atoms with Gasteiger partial charge in [0.15, 0.2) is 0 Å². The zero-order valence-electron chi connectivity index (χ0n) is 10.8. The number of benzene rings is 1. The van der Waals surface area contributed by atoms with Gasteiger partial charge in [0.25, 0.3) is 0 Å². The van der Waals surface area contributed by atoms with E-state index in [9.17, 15) is 4.79 Å². The van der Waals surface area contributed by atoms with E-state index >= 15 is 0 Å². The van der Waals surface area contributed by atoms with Crippen LogP contribution in [-0.4, -0.2) is 20.7 Å². The number of hydrogen-bond acceptors (Lipinski definition) is 3. The molecule has 1 aromatic carbocycles. The molecule has 3 aromatic rings. The highest BCUT2D eigenvalue weighted by Gasteiger charge is 2.09. The minimum Gasteiger partial charge on any atom is -0.323 e. The summed E-state index contributed by atoms with van der Waals surface area (Å²) in [5.74, 6) is -0.153. The smallest absolute Gasteiger partial charge is 0.246 e. The van der Waals surface area contributed by atoms with Gasteiger partial charge in [-0.1, -0.05) is 22.0 Å². The van der Waals surface area contributed by atoms with Crippen LogP contribution in [0.4, 0.5) is 5.69 Å². The van der Waals surface area contributed by atoms with E-state index < -0.39 is 0 Å². The first kappa shape index (κ1) is 14.2. The fourth-order valence-electron chi connectivity index (χ4n) is 2.00. The molecule has 0 bridgehead atoms. The Labute approximate surface area is 137 Å². The summed E-state index contributed by atoms with van der Waals surface area (Å²) in [7, 11) is 0. The number of hydrogen-bond donors (Lipinski definition) is 1. The molecule has 0 fully saturated rings. The molecular weight excluding hydrogens is 400 g/mol. The van der Waals surface area contributed by atoms with Gasteiger partial charge in [0, 0.05) is 22.3 Å². The average Bonchev–Trinajstić information content (AvgIpc) is 2.87. The van der Waals surface area contributed by atoms with Crippen molar-refractivity contribution < 1.29 is 4.79 Å². The predicted octanol–water partition coefficient (Wildman–Crippen LogP) is 3.60. The van der Waals surface area contributed by atoms with Crippen molar-refractivity contribution in [2.75, 3.05) is 5.32 Å². The van der Waals surface area contributed by atoms with E-state index in [0.717, 1.165) is 19.8 Å². The van der Waals surface area contributed by atoms with Crippen LogP contribution in [0.25, 0.3) is 10.9 Å². The Balaban J connectivity index is 1.85. The maximum atomic E-state index is 12.1. The van der Waals surface area contributed by atoms with Gasteiger partial charge in [-0.15, -0.1) is 0 Å². The van der Waals surface area contributed by atoms with Gasteiger partial charge in [0.05, 0.1) is 21.9 Å². The number of aromatic nitrogens is 3. The molecule has 0 aliphatic rings. The van der Waals surface area contributed by atoms with Crippen molar-refractivity contribution in [3.05, 3.63) is 51.8 Å². The van der Waals surface area contributed by atoms with Gasteiger partial charge in [0.2, 0.25) is 5.91 Å². The highest BCUT2D eigenvalue weighted by atomic mass is 79.9. The van der Waals surface area contributed by atoms with Crippen molar-refractivity contribution in [1.82, 2.24) is 14.8 Å². The van der Waals surface area contributed by atoms with E-state index in [1.165, 1.54) is 0 Å². The average molecular weight is 410 g/mol. The van der Waals surface area contributed by atoms with Crippen molar-refractivity contribution >= 4 is 54.4 Å². The Morgan fingerprint density at radius 2 is 2.14 bits per heavy atom. The molecule has 0 unspecified atom stereocenters. The normalized spacial score (nSPS) is 10.8. The van der Waals surface area contributed by atoms with Crippen LogP contribution in [0, 0.1) is 0 Å². The van der Waals surface area contributed by atoms with Crippen LogP contribution in [0.1, 0.15) is 0 Å². The third-order valence-electron chi connectivity index (χ3n) is 2.90. The Morgan fingerprint density at radius 3 is 2.90 bits per heavy atom. The van der Waals surface area contributed by atoms with E-state index in [0.29, 0.717) is 5.69 Å². The van der Waals surface area contributed by atoms with Crippen molar-refractivity contribution in [3.63, 3.8) is 0 Å². The summed E-state index contributed by atoms with van der Waals surface area (Å²) in [6, 6.07) is 7.53. The monoisotopic (exact) mass is 408 g/mol. The molecule has 1 N–H and O–H groups in total. The molecule has 2 aromatic heterocycles. The molecule has 106 valence electrons. The fourth-order valence-corrected chi connectivity index (χ4v) is 2.78. The number of carbonyl (C=O) groups is 1. The summed E-state index contributed by atoms with van der Waals surface area (Å²) in [6.07, 6.45) is 5.09. The van der Waals surface area contributed by atoms with Gasteiger partial charge in [-0.05, 0) is 34.1 Å². The Hall–Kier alpha value is -1.73. The van der Waals surface area contributed by atoms with Gasteiger partial charge in [0.1, 0.15) is 6.54 Å². The lowest BCUT2D eigenvalue weighted by molar-refractivity contribution is -0.116. The van der Waals surface area contributed by atoms with Gasteiger partial charge >= 0.3 is 0 Å². The van der Waals surface area contributed by atoms with E-state index in [-0.39, 0.29) is 12.5 Å². The molecule has 0 spiro atoms. The number of fused-ring (bicyclic) bond motifs is 1. The van der Waals surface area contributed by atoms with Gasteiger partial charge in [-0.2, -0.15) is 5.10 Å². The summed E-state index contributed by atoms with van der Waals surface area (Å²) < 4.78 is 3.35. The summed E-state index contributed by atoms with van der Waals surface area (Å²) in [5, 5.41) is 7.89. The molecule has 1 amide bonds. The third-order valence-corrected chi connectivity index (χ3v) is 4.00. The van der Waals surface area contributed by atoms with Gasteiger partial charge in [-0.3, -0.25) is 14.5 Å². The van der Waals surface area contributed by atoms with E-state index in [2.05, 4.69) is 47.3 Å². The summed E-state index contributed by atoms with van der Waals surface area (Å²) >= 11 is 6.78. The number of nitrogens with zero attached hydrogens (tertiary/aromatic N) is 3. The molecule has 0 saturated heterocycles. The van der Waals surface area contributed by atoms with Crippen LogP contribution >= 0.6 is 31.9 Å². The number of halogens is 2. The minimum absolute atomic E-state index is 0.149. The lowest BCUT2D eigenvalue weighted by atomic mass is 10.2. The number of pyridine rings is 1. The second-order valence-corrected chi connectivity index (χ2v) is 6.17. The molecule has 3 rings (SSSR count). The minimum atomic E-state index is -0.153. The number of nitrogens with one attached hydrogen (secondary N) is 1. The highest BCUT2D eigenvalue weighted by Crippen LogP contribution is 2.28. The Kier molecular flexibility index (Phi) is 4.03. The number of carbonyl (C=O) groups excluding carboxylic acids is 1. The first-order valence-electron chi connectivity index (χ1n) is 6.14. The molecule has 2 heterocycles. The summed E-state index contributed by atoms with van der Waals surface area (Å²) in [6.45, 7) is 0.149. The van der Waals surface area contributed by atoms with E-state index in [4.69, 9.17) is 0 Å². The standard InChI is InChI=1S/C14H10Br2N4O/c15-9-6-18-20(7-9)8-13(21)19-12-4-3-11(16)10-2-1-5-17-14(10)12/h1-7H,8H2,(H,19,21). The quantitative estimate of drug-likeness (QED) is 0.718. The molecule has 0 atom stereocenters. The molecule has 0 radical (unpaired) electrons. The fraction of sp³-hybridized carbons (Fsp3) is 0.0714. The SMILES string of the molecule is O=C(Cn1cc(Br)cn1)Nc1ccc(Br)c2cccnc12. The van der Waals surface area contributed by atoms with Crippen LogP contribution in [0.3, 0.4) is 0 Å². The van der Waals surface area contributed by atoms with E-state index in [1.54, 1.807) is 23.3 Å². The zero-order chi connectivity index (χ0) is 14.8. The predicted molar refractivity (Wildman–Crippen MR) is 88.0 cm³/mol. The Bertz CT molecular complexity index is 816. The van der Waals surface area contributed by atoms with Crippen molar-refractivity contribution in [3.8, 4) is 0 Å². The maximum absolute atomic E-state index is 12.1. The molecule has 0 aliphatic heterocycles. The second kappa shape index (κ2) is 5.95. The van der Waals surface area contributed by atoms with Crippen molar-refractivity contribution in [1.29, 1.82) is 0 Å². The lowest BCUT2D eigenvalue weighted by Gasteiger charge is -2.09. The van der Waals surface area contributed by atoms with Crippen LogP contribution in [0.15, 0.2) is 51.8 Å². The largest absolute Gasteiger partial charge is 0.323 e. The zero-order valence-corrected chi connectivity index (χ0v) is 13.9. The van der Waals surface area contributed by atoms with Crippen LogP contribution in [-0.2, 0) is 11.3 Å². The molecule has 0 aliphatic carbocycles. The number of amides is 1. The molecule has 0 saturated carbocycles. The second-order valence-electron chi connectivity index (χ2n) is 4.40. The summed E-state index contributed by atoms with van der Waals surface area (Å²) in [5.41, 5.74) is 1.44. The lowest BCUT2D eigenvalue weighted by Crippen LogP contribution is -2.19. The first-order chi connectivity index (χ1) is 10.1. The van der Waals surface area contributed by atoms with Crippen LogP contribution < -0.4 is 5.32 Å². The van der Waals surface area contributed by atoms with Gasteiger partial charge in [-0.25, -0.2) is 0 Å². The van der Waals surface area contributed by atoms with Crippen LogP contribution in [0.5, 0.6) is 0 Å².